The van der Waals surface area contributed by atoms with Crippen LogP contribution in [0.3, 0.4) is 0 Å². The van der Waals surface area contributed by atoms with E-state index in [9.17, 15) is 4.79 Å². The number of imidazole rings is 1. The maximum absolute atomic E-state index is 12.3. The third kappa shape index (κ3) is 4.44. The van der Waals surface area contributed by atoms with E-state index in [0.29, 0.717) is 18.0 Å². The van der Waals surface area contributed by atoms with Gasteiger partial charge in [-0.1, -0.05) is 17.8 Å². The van der Waals surface area contributed by atoms with Crippen LogP contribution < -0.4 is 14.8 Å². The predicted molar refractivity (Wildman–Crippen MR) is 94.6 cm³/mol. The maximum atomic E-state index is 12.3. The molecule has 0 saturated carbocycles. The van der Waals surface area contributed by atoms with Crippen LogP contribution in [-0.2, 0) is 17.9 Å². The van der Waals surface area contributed by atoms with Gasteiger partial charge in [0.15, 0.2) is 16.7 Å². The number of benzene rings is 1. The normalized spacial score (nSPS) is 11.8. The van der Waals surface area contributed by atoms with Crippen LogP contribution in [0.2, 0.25) is 0 Å². The van der Waals surface area contributed by atoms with Crippen molar-refractivity contribution in [2.75, 3.05) is 14.2 Å². The van der Waals surface area contributed by atoms with E-state index in [1.165, 1.54) is 11.8 Å². The lowest BCUT2D eigenvalue weighted by atomic mass is 10.2. The standard InChI is InChI=1S/C17H23N3O3S/c1-5-20-9-8-18-17(20)24-12(2)16(21)19-11-13-6-7-14(22-3)15(10-13)23-4/h6-10,12H,5,11H2,1-4H3,(H,19,21)/t12-/m0/s1. The Labute approximate surface area is 146 Å². The Morgan fingerprint density at radius 2 is 2.08 bits per heavy atom. The summed E-state index contributed by atoms with van der Waals surface area (Å²) in [7, 11) is 3.19. The fraction of sp³-hybridized carbons (Fsp3) is 0.412. The smallest absolute Gasteiger partial charge is 0.233 e. The number of ether oxygens (including phenoxy) is 2. The number of methoxy groups -OCH3 is 2. The molecule has 0 spiro atoms. The van der Waals surface area contributed by atoms with Crippen molar-refractivity contribution in [3.8, 4) is 11.5 Å². The fourth-order valence-electron chi connectivity index (χ4n) is 2.19. The van der Waals surface area contributed by atoms with Crippen molar-refractivity contribution in [1.29, 1.82) is 0 Å². The third-order valence-corrected chi connectivity index (χ3v) is 4.70. The van der Waals surface area contributed by atoms with Crippen LogP contribution in [0.5, 0.6) is 11.5 Å². The van der Waals surface area contributed by atoms with Crippen LogP contribution in [-0.4, -0.2) is 34.9 Å². The first-order valence-corrected chi connectivity index (χ1v) is 8.63. The van der Waals surface area contributed by atoms with E-state index >= 15 is 0 Å². The zero-order valence-electron chi connectivity index (χ0n) is 14.4. The largest absolute Gasteiger partial charge is 0.493 e. The number of aromatic nitrogens is 2. The summed E-state index contributed by atoms with van der Waals surface area (Å²) < 4.78 is 12.5. The lowest BCUT2D eigenvalue weighted by Crippen LogP contribution is -2.30. The number of thioether (sulfide) groups is 1. The Morgan fingerprint density at radius 1 is 1.33 bits per heavy atom. The Morgan fingerprint density at radius 3 is 2.75 bits per heavy atom. The molecule has 6 nitrogen and oxygen atoms in total. The molecule has 0 fully saturated rings. The Kier molecular flexibility index (Phi) is 6.54. The van der Waals surface area contributed by atoms with Crippen LogP contribution >= 0.6 is 11.8 Å². The molecule has 0 aliphatic rings. The van der Waals surface area contributed by atoms with E-state index in [4.69, 9.17) is 9.47 Å². The fourth-order valence-corrected chi connectivity index (χ4v) is 3.14. The van der Waals surface area contributed by atoms with Gasteiger partial charge in [-0.15, -0.1) is 0 Å². The van der Waals surface area contributed by atoms with E-state index in [2.05, 4.69) is 10.3 Å². The van der Waals surface area contributed by atoms with E-state index < -0.39 is 0 Å². The molecule has 1 N–H and O–H groups in total. The number of carbonyl (C=O) groups is 1. The van der Waals surface area contributed by atoms with Crippen LogP contribution in [0, 0.1) is 0 Å². The van der Waals surface area contributed by atoms with Gasteiger partial charge in [-0.3, -0.25) is 4.79 Å². The van der Waals surface area contributed by atoms with Crippen molar-refractivity contribution >= 4 is 17.7 Å². The van der Waals surface area contributed by atoms with E-state index in [1.54, 1.807) is 20.4 Å². The summed E-state index contributed by atoms with van der Waals surface area (Å²) in [5.41, 5.74) is 0.952. The number of carbonyl (C=O) groups excluding carboxylic acids is 1. The van der Waals surface area contributed by atoms with Crippen molar-refractivity contribution < 1.29 is 14.3 Å². The molecule has 1 aromatic carbocycles. The molecule has 0 aliphatic heterocycles. The van der Waals surface area contributed by atoms with Gasteiger partial charge in [0.05, 0.1) is 19.5 Å². The summed E-state index contributed by atoms with van der Waals surface area (Å²) in [5.74, 6) is 1.29. The average molecular weight is 349 g/mol. The molecule has 0 unspecified atom stereocenters. The highest BCUT2D eigenvalue weighted by molar-refractivity contribution is 8.00. The molecule has 0 bridgehead atoms. The van der Waals surface area contributed by atoms with Gasteiger partial charge in [-0.25, -0.2) is 4.98 Å². The molecule has 1 atom stereocenters. The highest BCUT2D eigenvalue weighted by Gasteiger charge is 2.17. The number of nitrogens with zero attached hydrogens (tertiary/aromatic N) is 2. The molecule has 1 aromatic heterocycles. The second kappa shape index (κ2) is 8.63. The van der Waals surface area contributed by atoms with Gasteiger partial charge in [-0.2, -0.15) is 0 Å². The first kappa shape index (κ1) is 18.2. The summed E-state index contributed by atoms with van der Waals surface area (Å²) in [6.07, 6.45) is 3.66. The zero-order valence-corrected chi connectivity index (χ0v) is 15.2. The summed E-state index contributed by atoms with van der Waals surface area (Å²) in [6, 6.07) is 5.60. The minimum absolute atomic E-state index is 0.0274. The van der Waals surface area contributed by atoms with Crippen molar-refractivity contribution in [3.05, 3.63) is 36.2 Å². The molecule has 1 heterocycles. The van der Waals surface area contributed by atoms with E-state index in [-0.39, 0.29) is 11.2 Å². The first-order chi connectivity index (χ1) is 11.6. The van der Waals surface area contributed by atoms with E-state index in [1.807, 2.05) is 42.8 Å². The minimum atomic E-state index is -0.224. The van der Waals surface area contributed by atoms with Crippen LogP contribution in [0.15, 0.2) is 35.7 Å². The quantitative estimate of drug-likeness (QED) is 0.742. The molecular weight excluding hydrogens is 326 g/mol. The van der Waals surface area contributed by atoms with Gasteiger partial charge in [0.1, 0.15) is 0 Å². The van der Waals surface area contributed by atoms with E-state index in [0.717, 1.165) is 17.3 Å². The van der Waals surface area contributed by atoms with Crippen molar-refractivity contribution in [2.45, 2.75) is 37.3 Å². The first-order valence-electron chi connectivity index (χ1n) is 7.75. The number of hydrogen-bond acceptors (Lipinski definition) is 5. The molecule has 0 aliphatic carbocycles. The highest BCUT2D eigenvalue weighted by atomic mass is 32.2. The van der Waals surface area contributed by atoms with Crippen LogP contribution in [0.25, 0.3) is 0 Å². The lowest BCUT2D eigenvalue weighted by molar-refractivity contribution is -0.120. The monoisotopic (exact) mass is 349 g/mol. The lowest BCUT2D eigenvalue weighted by Gasteiger charge is -2.13. The van der Waals surface area contributed by atoms with Gasteiger partial charge >= 0.3 is 0 Å². The summed E-state index contributed by atoms with van der Waals surface area (Å²) in [6.45, 7) is 5.20. The van der Waals surface area contributed by atoms with Crippen molar-refractivity contribution in [1.82, 2.24) is 14.9 Å². The molecular formula is C17H23N3O3S. The topological polar surface area (TPSA) is 65.4 Å². The van der Waals surface area contributed by atoms with Gasteiger partial charge in [0.25, 0.3) is 0 Å². The number of rotatable bonds is 8. The summed E-state index contributed by atoms with van der Waals surface area (Å²) >= 11 is 1.45. The van der Waals surface area contributed by atoms with Crippen molar-refractivity contribution in [2.24, 2.45) is 0 Å². The number of nitrogens with one attached hydrogen (secondary N) is 1. The third-order valence-electron chi connectivity index (χ3n) is 3.58. The molecule has 0 radical (unpaired) electrons. The summed E-state index contributed by atoms with van der Waals surface area (Å²) in [4.78, 5) is 16.6. The van der Waals surface area contributed by atoms with Gasteiger partial charge in [0, 0.05) is 25.5 Å². The molecule has 130 valence electrons. The highest BCUT2D eigenvalue weighted by Crippen LogP contribution is 2.27. The predicted octanol–water partition coefficient (Wildman–Crippen LogP) is 2.72. The second-order valence-corrected chi connectivity index (χ2v) is 6.47. The molecule has 2 rings (SSSR count). The number of aryl methyl sites for hydroxylation is 1. The minimum Gasteiger partial charge on any atom is -0.493 e. The Balaban J connectivity index is 1.92. The Hall–Kier alpha value is -2.15. The number of hydrogen-bond donors (Lipinski definition) is 1. The molecule has 2 aromatic rings. The molecule has 0 saturated heterocycles. The second-order valence-electron chi connectivity index (χ2n) is 5.16. The van der Waals surface area contributed by atoms with Crippen LogP contribution in [0.4, 0.5) is 0 Å². The van der Waals surface area contributed by atoms with Gasteiger partial charge in [-0.05, 0) is 31.5 Å². The maximum Gasteiger partial charge on any atom is 0.233 e. The van der Waals surface area contributed by atoms with Crippen LogP contribution in [0.1, 0.15) is 19.4 Å². The molecule has 1 amide bonds. The molecule has 24 heavy (non-hydrogen) atoms. The number of amides is 1. The SMILES string of the molecule is CCn1ccnc1S[C@@H](C)C(=O)NCc1ccc(OC)c(OC)c1. The van der Waals surface area contributed by atoms with Gasteiger partial charge < -0.3 is 19.4 Å². The average Bonchev–Trinajstić information content (AvgIpc) is 3.06. The van der Waals surface area contributed by atoms with Gasteiger partial charge in [0.2, 0.25) is 5.91 Å². The summed E-state index contributed by atoms with van der Waals surface area (Å²) in [5, 5.41) is 3.57. The van der Waals surface area contributed by atoms with Crippen molar-refractivity contribution in [3.63, 3.8) is 0 Å². The molecule has 7 heteroatoms. The zero-order chi connectivity index (χ0) is 17.5. The Bertz CT molecular complexity index is 687.